The lowest BCUT2D eigenvalue weighted by Crippen LogP contribution is -2.00. The Balaban J connectivity index is 1.63. The van der Waals surface area contributed by atoms with E-state index in [1.54, 1.807) is 42.7 Å². The SMILES string of the molecule is Cc1cc(Oc2ccnc(Nc3cccc(C(=O)O)c3)c2)c(-c2ccccn2)nc1C. The van der Waals surface area contributed by atoms with Gasteiger partial charge >= 0.3 is 5.97 Å². The summed E-state index contributed by atoms with van der Waals surface area (Å²) in [4.78, 5) is 24.6. The zero-order chi connectivity index (χ0) is 21.8. The Morgan fingerprint density at radius 2 is 1.84 bits per heavy atom. The number of nitrogens with one attached hydrogen (secondary N) is 1. The van der Waals surface area contributed by atoms with Crippen molar-refractivity contribution in [3.63, 3.8) is 0 Å². The van der Waals surface area contributed by atoms with Crippen molar-refractivity contribution >= 4 is 17.5 Å². The average molecular weight is 412 g/mol. The molecule has 0 spiro atoms. The normalized spacial score (nSPS) is 10.5. The lowest BCUT2D eigenvalue weighted by Gasteiger charge is -2.14. The fourth-order valence-electron chi connectivity index (χ4n) is 2.99. The molecular weight excluding hydrogens is 392 g/mol. The molecule has 4 aromatic rings. The van der Waals surface area contributed by atoms with E-state index in [1.807, 2.05) is 38.1 Å². The minimum atomic E-state index is -0.988. The zero-order valence-corrected chi connectivity index (χ0v) is 17.0. The third-order valence-electron chi connectivity index (χ3n) is 4.68. The summed E-state index contributed by atoms with van der Waals surface area (Å²) < 4.78 is 6.16. The predicted molar refractivity (Wildman–Crippen MR) is 118 cm³/mol. The van der Waals surface area contributed by atoms with E-state index in [-0.39, 0.29) is 5.56 Å². The van der Waals surface area contributed by atoms with Gasteiger partial charge in [0, 0.05) is 29.8 Å². The van der Waals surface area contributed by atoms with Crippen LogP contribution in [0.4, 0.5) is 11.5 Å². The molecule has 0 amide bonds. The van der Waals surface area contributed by atoms with Gasteiger partial charge in [-0.3, -0.25) is 4.98 Å². The summed E-state index contributed by atoms with van der Waals surface area (Å²) in [6, 6.07) is 17.6. The van der Waals surface area contributed by atoms with E-state index >= 15 is 0 Å². The summed E-state index contributed by atoms with van der Waals surface area (Å²) in [6.45, 7) is 3.93. The van der Waals surface area contributed by atoms with Crippen molar-refractivity contribution in [3.8, 4) is 22.9 Å². The summed E-state index contributed by atoms with van der Waals surface area (Å²) in [5.41, 5.74) is 4.10. The molecule has 0 aliphatic carbocycles. The van der Waals surface area contributed by atoms with Gasteiger partial charge in [-0.2, -0.15) is 0 Å². The van der Waals surface area contributed by atoms with Crippen molar-refractivity contribution in [2.45, 2.75) is 13.8 Å². The number of benzene rings is 1. The molecule has 0 saturated carbocycles. The first-order valence-corrected chi connectivity index (χ1v) is 9.63. The molecule has 0 aliphatic heterocycles. The fourth-order valence-corrected chi connectivity index (χ4v) is 2.99. The predicted octanol–water partition coefficient (Wildman–Crippen LogP) is 5.39. The van der Waals surface area contributed by atoms with Crippen molar-refractivity contribution in [2.75, 3.05) is 5.32 Å². The van der Waals surface area contributed by atoms with Gasteiger partial charge in [-0.15, -0.1) is 0 Å². The standard InChI is InChI=1S/C24H20N4O3/c1-15-12-21(23(27-16(15)2)20-8-3-4-10-25-20)31-19-9-11-26-22(14-19)28-18-7-5-6-17(13-18)24(29)30/h3-14H,1-2H3,(H,26,28)(H,29,30). The topological polar surface area (TPSA) is 97.2 Å². The van der Waals surface area contributed by atoms with Gasteiger partial charge in [0.15, 0.2) is 5.75 Å². The van der Waals surface area contributed by atoms with E-state index in [0.29, 0.717) is 28.7 Å². The first-order chi connectivity index (χ1) is 15.0. The highest BCUT2D eigenvalue weighted by Gasteiger charge is 2.13. The molecule has 0 fully saturated rings. The number of anilines is 2. The first kappa shape index (κ1) is 20.0. The molecule has 4 rings (SSSR count). The van der Waals surface area contributed by atoms with Gasteiger partial charge in [-0.1, -0.05) is 12.1 Å². The van der Waals surface area contributed by atoms with Gasteiger partial charge in [0.25, 0.3) is 0 Å². The Labute approximate surface area is 179 Å². The maximum Gasteiger partial charge on any atom is 0.335 e. The Morgan fingerprint density at radius 3 is 2.61 bits per heavy atom. The molecular formula is C24H20N4O3. The third kappa shape index (κ3) is 4.67. The number of ether oxygens (including phenoxy) is 1. The molecule has 7 nitrogen and oxygen atoms in total. The lowest BCUT2D eigenvalue weighted by atomic mass is 10.1. The number of hydrogen-bond acceptors (Lipinski definition) is 6. The minimum Gasteiger partial charge on any atom is -0.478 e. The number of carboxylic acids is 1. The van der Waals surface area contributed by atoms with Crippen LogP contribution in [0.1, 0.15) is 21.6 Å². The highest BCUT2D eigenvalue weighted by Crippen LogP contribution is 2.33. The summed E-state index contributed by atoms with van der Waals surface area (Å²) in [5, 5.41) is 12.3. The van der Waals surface area contributed by atoms with Crippen LogP contribution in [0.25, 0.3) is 11.4 Å². The number of hydrogen-bond donors (Lipinski definition) is 2. The number of pyridine rings is 3. The fraction of sp³-hybridized carbons (Fsp3) is 0.0833. The van der Waals surface area contributed by atoms with Crippen LogP contribution in [0.15, 0.2) is 73.1 Å². The van der Waals surface area contributed by atoms with Crippen molar-refractivity contribution < 1.29 is 14.6 Å². The van der Waals surface area contributed by atoms with Crippen molar-refractivity contribution in [2.24, 2.45) is 0 Å². The van der Waals surface area contributed by atoms with E-state index in [1.165, 1.54) is 6.07 Å². The molecule has 1 aromatic carbocycles. The van der Waals surface area contributed by atoms with E-state index in [9.17, 15) is 9.90 Å². The second kappa shape index (κ2) is 8.62. The molecule has 0 radical (unpaired) electrons. The average Bonchev–Trinajstić information content (AvgIpc) is 2.77. The van der Waals surface area contributed by atoms with Gasteiger partial charge < -0.3 is 15.2 Å². The zero-order valence-electron chi connectivity index (χ0n) is 17.0. The van der Waals surface area contributed by atoms with Crippen molar-refractivity contribution in [1.82, 2.24) is 15.0 Å². The van der Waals surface area contributed by atoms with E-state index in [2.05, 4.69) is 20.3 Å². The number of carbonyl (C=O) groups is 1. The Kier molecular flexibility index (Phi) is 5.57. The summed E-state index contributed by atoms with van der Waals surface area (Å²) in [6.07, 6.45) is 3.34. The number of aromatic nitrogens is 3. The number of aromatic carboxylic acids is 1. The summed E-state index contributed by atoms with van der Waals surface area (Å²) in [5.74, 6) is 0.690. The van der Waals surface area contributed by atoms with Crippen LogP contribution in [0.5, 0.6) is 11.5 Å². The van der Waals surface area contributed by atoms with Crippen molar-refractivity contribution in [3.05, 3.63) is 89.9 Å². The highest BCUT2D eigenvalue weighted by atomic mass is 16.5. The molecule has 0 bridgehead atoms. The molecule has 154 valence electrons. The smallest absolute Gasteiger partial charge is 0.335 e. The lowest BCUT2D eigenvalue weighted by molar-refractivity contribution is 0.0697. The second-order valence-electron chi connectivity index (χ2n) is 6.94. The van der Waals surface area contributed by atoms with Crippen LogP contribution in [0.3, 0.4) is 0 Å². The molecule has 0 saturated heterocycles. The molecule has 2 N–H and O–H groups in total. The molecule has 3 aromatic heterocycles. The van der Waals surface area contributed by atoms with Gasteiger partial charge in [-0.25, -0.2) is 14.8 Å². The van der Waals surface area contributed by atoms with Crippen molar-refractivity contribution in [1.29, 1.82) is 0 Å². The molecule has 0 aliphatic rings. The second-order valence-corrected chi connectivity index (χ2v) is 6.94. The maximum absolute atomic E-state index is 11.2. The number of carboxylic acid groups (broad SMARTS) is 1. The highest BCUT2D eigenvalue weighted by molar-refractivity contribution is 5.89. The van der Waals surface area contributed by atoms with Gasteiger partial charge in [0.05, 0.1) is 11.3 Å². The van der Waals surface area contributed by atoms with Crippen LogP contribution >= 0.6 is 0 Å². The Bertz CT molecular complexity index is 1240. The van der Waals surface area contributed by atoms with E-state index in [0.717, 1.165) is 17.0 Å². The van der Waals surface area contributed by atoms with Crippen LogP contribution in [0.2, 0.25) is 0 Å². The van der Waals surface area contributed by atoms with Crippen LogP contribution in [-0.2, 0) is 0 Å². The summed E-state index contributed by atoms with van der Waals surface area (Å²) in [7, 11) is 0. The quantitative estimate of drug-likeness (QED) is 0.438. The molecule has 31 heavy (non-hydrogen) atoms. The summed E-state index contributed by atoms with van der Waals surface area (Å²) >= 11 is 0. The maximum atomic E-state index is 11.2. The number of aryl methyl sites for hydroxylation is 2. The van der Waals surface area contributed by atoms with Gasteiger partial charge in [-0.05, 0) is 61.9 Å². The molecule has 3 heterocycles. The van der Waals surface area contributed by atoms with Gasteiger partial charge in [0.1, 0.15) is 17.3 Å². The molecule has 0 unspecified atom stereocenters. The molecule has 0 atom stereocenters. The minimum absolute atomic E-state index is 0.193. The largest absolute Gasteiger partial charge is 0.478 e. The first-order valence-electron chi connectivity index (χ1n) is 9.63. The number of rotatable bonds is 6. The van der Waals surface area contributed by atoms with E-state index < -0.39 is 5.97 Å². The third-order valence-corrected chi connectivity index (χ3v) is 4.68. The number of nitrogens with zero attached hydrogens (tertiary/aromatic N) is 3. The van der Waals surface area contributed by atoms with Gasteiger partial charge in [0.2, 0.25) is 0 Å². The Morgan fingerprint density at radius 1 is 0.968 bits per heavy atom. The van der Waals surface area contributed by atoms with Crippen LogP contribution in [-0.4, -0.2) is 26.0 Å². The van der Waals surface area contributed by atoms with E-state index in [4.69, 9.17) is 4.74 Å². The van der Waals surface area contributed by atoms with Crippen LogP contribution < -0.4 is 10.1 Å². The van der Waals surface area contributed by atoms with Crippen LogP contribution in [0, 0.1) is 13.8 Å². The monoisotopic (exact) mass is 412 g/mol. The Hall–Kier alpha value is -4.26. The molecule has 7 heteroatoms.